The van der Waals surface area contributed by atoms with Crippen LogP contribution in [0, 0.1) is 12.7 Å². The summed E-state index contributed by atoms with van der Waals surface area (Å²) in [6, 6.07) is 12.6. The number of halogens is 1. The van der Waals surface area contributed by atoms with E-state index >= 15 is 0 Å². The number of fused-ring (bicyclic) bond motifs is 1. The van der Waals surface area contributed by atoms with Crippen molar-refractivity contribution >= 4 is 27.3 Å². The normalized spacial score (nSPS) is 22.2. The second kappa shape index (κ2) is 10.6. The minimum atomic E-state index is -0.563. The second-order valence-corrected chi connectivity index (χ2v) is 10.6. The molecule has 0 saturated carbocycles. The maximum absolute atomic E-state index is 13.2. The summed E-state index contributed by atoms with van der Waals surface area (Å²) in [6.45, 7) is 8.49. The Bertz CT molecular complexity index is 1190. The molecule has 0 radical (unpaired) electrons. The quantitative estimate of drug-likeness (QED) is 0.511. The average Bonchev–Trinajstić information content (AvgIpc) is 3.45. The molecule has 186 valence electrons. The third-order valence-electron chi connectivity index (χ3n) is 6.58. The van der Waals surface area contributed by atoms with Crippen molar-refractivity contribution in [2.75, 3.05) is 39.3 Å². The average molecular weight is 499 g/mol. The lowest BCUT2D eigenvalue weighted by molar-refractivity contribution is -0.00182. The number of nitrogens with zero attached hydrogens (tertiary/aromatic N) is 4. The Morgan fingerprint density at radius 3 is 2.86 bits per heavy atom. The lowest BCUT2D eigenvalue weighted by Gasteiger charge is -2.41. The standard InChI is InChI=1S/C26H31FN4O3S/c1-17-13-30(14-21(32)16-33-22-7-8-26-25(11-22)28-18(2)35-26)9-10-31(17)15-23-12-24(29-34-23)19-3-5-20(27)6-4-19/h3-8,11,17,21,23,32H,9-10,12-16H2,1-2H3/t17?,21-,23-/m1/s1. The molecule has 1 unspecified atom stereocenters. The van der Waals surface area contributed by atoms with E-state index in [2.05, 4.69) is 26.9 Å². The monoisotopic (exact) mass is 498 g/mol. The second-order valence-electron chi connectivity index (χ2n) is 9.41. The van der Waals surface area contributed by atoms with E-state index in [1.807, 2.05) is 25.1 Å². The summed E-state index contributed by atoms with van der Waals surface area (Å²) in [6.07, 6.45) is 0.161. The van der Waals surface area contributed by atoms with Gasteiger partial charge in [-0.05, 0) is 43.7 Å². The summed E-state index contributed by atoms with van der Waals surface area (Å²) in [5, 5.41) is 15.8. The Hall–Kier alpha value is -2.59. The number of aryl methyl sites for hydroxylation is 1. The number of hydrogen-bond acceptors (Lipinski definition) is 8. The van der Waals surface area contributed by atoms with E-state index in [9.17, 15) is 9.50 Å². The van der Waals surface area contributed by atoms with Crippen LogP contribution in [0.2, 0.25) is 0 Å². The van der Waals surface area contributed by atoms with E-state index in [1.165, 1.54) is 12.1 Å². The summed E-state index contributed by atoms with van der Waals surface area (Å²) in [4.78, 5) is 14.9. The lowest BCUT2D eigenvalue weighted by Crippen LogP contribution is -2.55. The van der Waals surface area contributed by atoms with Crippen LogP contribution in [0.5, 0.6) is 5.75 Å². The van der Waals surface area contributed by atoms with Gasteiger partial charge in [-0.25, -0.2) is 9.37 Å². The van der Waals surface area contributed by atoms with Gasteiger partial charge in [0.2, 0.25) is 0 Å². The maximum atomic E-state index is 13.2. The van der Waals surface area contributed by atoms with E-state index in [0.29, 0.717) is 12.6 Å². The molecule has 2 aliphatic rings. The van der Waals surface area contributed by atoms with Gasteiger partial charge in [-0.2, -0.15) is 0 Å². The number of aliphatic hydroxyl groups excluding tert-OH is 1. The molecule has 3 aromatic rings. The molecule has 9 heteroatoms. The molecule has 3 heterocycles. The Labute approximate surface area is 208 Å². The highest BCUT2D eigenvalue weighted by molar-refractivity contribution is 7.18. The van der Waals surface area contributed by atoms with Crippen LogP contribution in [-0.4, -0.2) is 83.2 Å². The highest BCUT2D eigenvalue weighted by atomic mass is 32.1. The molecule has 1 fully saturated rings. The first kappa shape index (κ1) is 24.1. The van der Waals surface area contributed by atoms with Crippen molar-refractivity contribution in [3.05, 3.63) is 58.9 Å². The number of rotatable bonds is 8. The molecule has 2 aliphatic heterocycles. The molecule has 3 atom stereocenters. The Kier molecular flexibility index (Phi) is 7.29. The summed E-state index contributed by atoms with van der Waals surface area (Å²) in [7, 11) is 0. The highest BCUT2D eigenvalue weighted by Gasteiger charge is 2.30. The predicted molar refractivity (Wildman–Crippen MR) is 136 cm³/mol. The molecule has 1 aromatic heterocycles. The Morgan fingerprint density at radius 1 is 1.23 bits per heavy atom. The van der Waals surface area contributed by atoms with Gasteiger partial charge in [0.15, 0.2) is 0 Å². The van der Waals surface area contributed by atoms with Crippen LogP contribution in [-0.2, 0) is 4.84 Å². The van der Waals surface area contributed by atoms with Crippen molar-refractivity contribution in [1.82, 2.24) is 14.8 Å². The first-order valence-corrected chi connectivity index (χ1v) is 12.9. The fourth-order valence-electron chi connectivity index (χ4n) is 4.76. The van der Waals surface area contributed by atoms with E-state index in [0.717, 1.165) is 64.8 Å². The molecule has 1 saturated heterocycles. The molecular weight excluding hydrogens is 467 g/mol. The Balaban J connectivity index is 1.05. The third kappa shape index (κ3) is 5.98. The number of ether oxygens (including phenoxy) is 1. The number of aromatic nitrogens is 1. The summed E-state index contributed by atoms with van der Waals surface area (Å²) in [5.74, 6) is 0.485. The number of aliphatic hydroxyl groups is 1. The number of thiazole rings is 1. The maximum Gasteiger partial charge on any atom is 0.145 e. The fraction of sp³-hybridized carbons (Fsp3) is 0.462. The van der Waals surface area contributed by atoms with Crippen molar-refractivity contribution in [2.45, 2.75) is 38.5 Å². The van der Waals surface area contributed by atoms with Crippen LogP contribution in [0.15, 0.2) is 47.6 Å². The lowest BCUT2D eigenvalue weighted by atomic mass is 10.0. The predicted octanol–water partition coefficient (Wildman–Crippen LogP) is 3.68. The van der Waals surface area contributed by atoms with Crippen LogP contribution in [0.1, 0.15) is 23.9 Å². The van der Waals surface area contributed by atoms with Gasteiger partial charge in [0, 0.05) is 51.3 Å². The topological polar surface area (TPSA) is 70.4 Å². The number of piperazine rings is 1. The zero-order chi connectivity index (χ0) is 24.4. The molecule has 0 amide bonds. The van der Waals surface area contributed by atoms with E-state index in [-0.39, 0.29) is 18.5 Å². The van der Waals surface area contributed by atoms with Gasteiger partial charge < -0.3 is 14.7 Å². The van der Waals surface area contributed by atoms with Gasteiger partial charge in [-0.1, -0.05) is 17.3 Å². The van der Waals surface area contributed by atoms with E-state index in [1.54, 1.807) is 23.5 Å². The van der Waals surface area contributed by atoms with Crippen molar-refractivity contribution < 1.29 is 19.1 Å². The summed E-state index contributed by atoms with van der Waals surface area (Å²) < 4.78 is 20.2. The van der Waals surface area contributed by atoms with E-state index < -0.39 is 6.10 Å². The third-order valence-corrected chi connectivity index (χ3v) is 7.53. The number of benzene rings is 2. The van der Waals surface area contributed by atoms with Crippen molar-refractivity contribution in [3.8, 4) is 5.75 Å². The molecule has 0 bridgehead atoms. The summed E-state index contributed by atoms with van der Waals surface area (Å²) >= 11 is 1.66. The smallest absolute Gasteiger partial charge is 0.145 e. The Morgan fingerprint density at radius 2 is 2.06 bits per heavy atom. The number of β-amino-alcohol motifs (C(OH)–C–C–N with tert-alkyl or cyclic N) is 1. The molecule has 5 rings (SSSR count). The van der Waals surface area contributed by atoms with Crippen LogP contribution in [0.4, 0.5) is 4.39 Å². The van der Waals surface area contributed by atoms with Crippen LogP contribution < -0.4 is 4.74 Å². The minimum Gasteiger partial charge on any atom is -0.491 e. The van der Waals surface area contributed by atoms with Crippen LogP contribution >= 0.6 is 11.3 Å². The van der Waals surface area contributed by atoms with Crippen molar-refractivity contribution in [1.29, 1.82) is 0 Å². The van der Waals surface area contributed by atoms with Gasteiger partial charge >= 0.3 is 0 Å². The van der Waals surface area contributed by atoms with Gasteiger partial charge in [0.1, 0.15) is 30.4 Å². The number of oxime groups is 1. The number of hydrogen-bond donors (Lipinski definition) is 1. The fourth-order valence-corrected chi connectivity index (χ4v) is 5.57. The summed E-state index contributed by atoms with van der Waals surface area (Å²) in [5.41, 5.74) is 2.71. The van der Waals surface area contributed by atoms with Crippen molar-refractivity contribution in [2.24, 2.45) is 5.16 Å². The molecule has 2 aromatic carbocycles. The largest absolute Gasteiger partial charge is 0.491 e. The first-order chi connectivity index (χ1) is 16.9. The SMILES string of the molecule is Cc1nc2cc(OC[C@H](O)CN3CCN(C[C@H]4CC(c5ccc(F)cc5)=NO4)C(C)C3)ccc2s1. The van der Waals surface area contributed by atoms with E-state index in [4.69, 9.17) is 9.57 Å². The van der Waals surface area contributed by atoms with Crippen LogP contribution in [0.3, 0.4) is 0 Å². The molecule has 35 heavy (non-hydrogen) atoms. The molecular formula is C26H31FN4O3S. The minimum absolute atomic E-state index is 0.00175. The zero-order valence-corrected chi connectivity index (χ0v) is 20.9. The first-order valence-electron chi connectivity index (χ1n) is 12.1. The highest BCUT2D eigenvalue weighted by Crippen LogP contribution is 2.26. The molecule has 1 N–H and O–H groups in total. The van der Waals surface area contributed by atoms with Crippen LogP contribution in [0.25, 0.3) is 10.2 Å². The van der Waals surface area contributed by atoms with Gasteiger partial charge in [0.05, 0.1) is 20.9 Å². The van der Waals surface area contributed by atoms with Crippen molar-refractivity contribution in [3.63, 3.8) is 0 Å². The molecule has 0 aliphatic carbocycles. The van der Waals surface area contributed by atoms with Gasteiger partial charge in [-0.3, -0.25) is 9.80 Å². The van der Waals surface area contributed by atoms with Gasteiger partial charge in [-0.15, -0.1) is 11.3 Å². The molecule has 0 spiro atoms. The van der Waals surface area contributed by atoms with Gasteiger partial charge in [0.25, 0.3) is 0 Å². The zero-order valence-electron chi connectivity index (χ0n) is 20.1. The molecule has 7 nitrogen and oxygen atoms in total.